The second-order valence-corrected chi connectivity index (χ2v) is 5.01. The molecule has 0 bridgehead atoms. The quantitative estimate of drug-likeness (QED) is 0.719. The van der Waals surface area contributed by atoms with E-state index < -0.39 is 0 Å². The van der Waals surface area contributed by atoms with E-state index in [0.717, 1.165) is 25.7 Å². The van der Waals surface area contributed by atoms with Crippen molar-refractivity contribution in [2.75, 3.05) is 0 Å². The first-order chi connectivity index (χ1) is 7.63. The first-order valence-electron chi connectivity index (χ1n) is 6.11. The summed E-state index contributed by atoms with van der Waals surface area (Å²) in [5.74, 6) is 0.126. The predicted molar refractivity (Wildman–Crippen MR) is 60.6 cm³/mol. The predicted octanol–water partition coefficient (Wildman–Crippen LogP) is 1.03. The van der Waals surface area contributed by atoms with Crippen LogP contribution in [0.15, 0.2) is 0 Å². The highest BCUT2D eigenvalue weighted by Crippen LogP contribution is 2.26. The standard InChI is InChI=1S/C12H19N3O/c1-8-3-6-11(14-8)12(16)15-9(2)4-5-10(15)7-13/h8-11,14H,3-6H2,1-2H3/t8-,9-,10-,11-/m0/s1. The Labute approximate surface area is 96.6 Å². The van der Waals surface area contributed by atoms with Gasteiger partial charge < -0.3 is 10.2 Å². The second-order valence-electron chi connectivity index (χ2n) is 5.01. The summed E-state index contributed by atoms with van der Waals surface area (Å²) in [5, 5.41) is 12.3. The molecule has 0 aromatic heterocycles. The zero-order valence-electron chi connectivity index (χ0n) is 9.94. The molecule has 0 aromatic rings. The summed E-state index contributed by atoms with van der Waals surface area (Å²) in [7, 11) is 0. The van der Waals surface area contributed by atoms with Crippen LogP contribution in [-0.4, -0.2) is 35.0 Å². The second kappa shape index (κ2) is 4.42. The van der Waals surface area contributed by atoms with Crippen LogP contribution in [0.4, 0.5) is 0 Å². The molecule has 2 heterocycles. The number of nitriles is 1. The molecule has 2 fully saturated rings. The third kappa shape index (κ3) is 1.92. The lowest BCUT2D eigenvalue weighted by Crippen LogP contribution is -2.49. The smallest absolute Gasteiger partial charge is 0.241 e. The molecule has 0 radical (unpaired) electrons. The fraction of sp³-hybridized carbons (Fsp3) is 0.833. The molecule has 0 aromatic carbocycles. The molecule has 0 saturated carbocycles. The Kier molecular flexibility index (Phi) is 3.15. The Bertz CT molecular complexity index is 323. The molecular weight excluding hydrogens is 202 g/mol. The number of nitrogens with zero attached hydrogens (tertiary/aromatic N) is 2. The summed E-state index contributed by atoms with van der Waals surface area (Å²) < 4.78 is 0. The van der Waals surface area contributed by atoms with E-state index in [4.69, 9.17) is 5.26 Å². The van der Waals surface area contributed by atoms with Crippen molar-refractivity contribution in [3.05, 3.63) is 0 Å². The Hall–Kier alpha value is -1.08. The van der Waals surface area contributed by atoms with Crippen molar-refractivity contribution in [3.63, 3.8) is 0 Å². The lowest BCUT2D eigenvalue weighted by molar-refractivity contribution is -0.134. The molecule has 4 atom stereocenters. The number of hydrogen-bond donors (Lipinski definition) is 1. The topological polar surface area (TPSA) is 56.1 Å². The average molecular weight is 221 g/mol. The number of carbonyl (C=O) groups is 1. The van der Waals surface area contributed by atoms with Crippen LogP contribution in [0, 0.1) is 11.3 Å². The van der Waals surface area contributed by atoms with Crippen molar-refractivity contribution in [1.29, 1.82) is 5.26 Å². The third-order valence-corrected chi connectivity index (χ3v) is 3.74. The Balaban J connectivity index is 2.06. The molecule has 88 valence electrons. The largest absolute Gasteiger partial charge is 0.323 e. The molecule has 1 amide bonds. The summed E-state index contributed by atoms with van der Waals surface area (Å²) in [5.41, 5.74) is 0. The summed E-state index contributed by atoms with van der Waals surface area (Å²) >= 11 is 0. The van der Waals surface area contributed by atoms with Gasteiger partial charge in [-0.15, -0.1) is 0 Å². The van der Waals surface area contributed by atoms with Crippen molar-refractivity contribution in [2.24, 2.45) is 0 Å². The van der Waals surface area contributed by atoms with Gasteiger partial charge in [-0.05, 0) is 39.5 Å². The van der Waals surface area contributed by atoms with Crippen LogP contribution in [0.25, 0.3) is 0 Å². The van der Waals surface area contributed by atoms with Crippen molar-refractivity contribution in [2.45, 2.75) is 63.7 Å². The molecule has 4 heteroatoms. The van der Waals surface area contributed by atoms with Gasteiger partial charge in [-0.1, -0.05) is 0 Å². The van der Waals surface area contributed by atoms with Gasteiger partial charge in [0.15, 0.2) is 0 Å². The van der Waals surface area contributed by atoms with E-state index in [1.54, 1.807) is 4.90 Å². The Morgan fingerprint density at radius 1 is 1.31 bits per heavy atom. The van der Waals surface area contributed by atoms with Crippen LogP contribution in [0.2, 0.25) is 0 Å². The molecule has 4 nitrogen and oxygen atoms in total. The maximum atomic E-state index is 12.3. The molecule has 0 spiro atoms. The maximum absolute atomic E-state index is 12.3. The zero-order valence-corrected chi connectivity index (χ0v) is 9.94. The number of hydrogen-bond acceptors (Lipinski definition) is 3. The van der Waals surface area contributed by atoms with E-state index in [1.165, 1.54) is 0 Å². The van der Waals surface area contributed by atoms with E-state index >= 15 is 0 Å². The minimum Gasteiger partial charge on any atom is -0.323 e. The van der Waals surface area contributed by atoms with Gasteiger partial charge in [0, 0.05) is 12.1 Å². The zero-order chi connectivity index (χ0) is 11.7. The van der Waals surface area contributed by atoms with Crippen LogP contribution >= 0.6 is 0 Å². The van der Waals surface area contributed by atoms with Crippen molar-refractivity contribution < 1.29 is 4.79 Å². The molecule has 2 aliphatic rings. The maximum Gasteiger partial charge on any atom is 0.241 e. The van der Waals surface area contributed by atoms with Gasteiger partial charge in [-0.2, -0.15) is 5.26 Å². The molecule has 1 N–H and O–H groups in total. The molecular formula is C12H19N3O. The minimum atomic E-state index is -0.208. The summed E-state index contributed by atoms with van der Waals surface area (Å²) in [6.07, 6.45) is 3.73. The van der Waals surface area contributed by atoms with Crippen molar-refractivity contribution in [1.82, 2.24) is 10.2 Å². The fourth-order valence-corrected chi connectivity index (χ4v) is 2.78. The number of likely N-dealkylation sites (tertiary alicyclic amines) is 1. The highest BCUT2D eigenvalue weighted by atomic mass is 16.2. The lowest BCUT2D eigenvalue weighted by Gasteiger charge is -2.27. The Morgan fingerprint density at radius 3 is 2.62 bits per heavy atom. The summed E-state index contributed by atoms with van der Waals surface area (Å²) in [4.78, 5) is 14.1. The molecule has 16 heavy (non-hydrogen) atoms. The van der Waals surface area contributed by atoms with Crippen LogP contribution in [0.1, 0.15) is 39.5 Å². The first-order valence-corrected chi connectivity index (χ1v) is 6.11. The van der Waals surface area contributed by atoms with Gasteiger partial charge in [0.2, 0.25) is 5.91 Å². The van der Waals surface area contributed by atoms with Gasteiger partial charge in [0.05, 0.1) is 12.1 Å². The average Bonchev–Trinajstić information content (AvgIpc) is 2.83. The molecule has 2 rings (SSSR count). The fourth-order valence-electron chi connectivity index (χ4n) is 2.78. The molecule has 0 aliphatic carbocycles. The SMILES string of the molecule is C[C@H]1CC[C@@H](C(=O)N2[C@H](C#N)CC[C@@H]2C)N1. The van der Waals surface area contributed by atoms with Crippen LogP contribution < -0.4 is 5.32 Å². The van der Waals surface area contributed by atoms with Crippen LogP contribution in [-0.2, 0) is 4.79 Å². The first kappa shape index (κ1) is 11.4. The molecule has 2 saturated heterocycles. The number of carbonyl (C=O) groups excluding carboxylic acids is 1. The normalized spacial score (nSPS) is 38.7. The van der Waals surface area contributed by atoms with Crippen molar-refractivity contribution in [3.8, 4) is 6.07 Å². The minimum absolute atomic E-state index is 0.0635. The van der Waals surface area contributed by atoms with Gasteiger partial charge in [0.1, 0.15) is 6.04 Å². The molecule has 2 aliphatic heterocycles. The summed E-state index contributed by atoms with van der Waals surface area (Å²) in [6.45, 7) is 4.14. The van der Waals surface area contributed by atoms with Crippen LogP contribution in [0.5, 0.6) is 0 Å². The highest BCUT2D eigenvalue weighted by molar-refractivity contribution is 5.83. The van der Waals surface area contributed by atoms with E-state index in [1.807, 2.05) is 6.92 Å². The van der Waals surface area contributed by atoms with E-state index in [-0.39, 0.29) is 24.0 Å². The number of nitrogens with one attached hydrogen (secondary N) is 1. The van der Waals surface area contributed by atoms with E-state index in [9.17, 15) is 4.79 Å². The third-order valence-electron chi connectivity index (χ3n) is 3.74. The highest BCUT2D eigenvalue weighted by Gasteiger charge is 2.39. The lowest BCUT2D eigenvalue weighted by atomic mass is 10.1. The van der Waals surface area contributed by atoms with E-state index in [2.05, 4.69) is 18.3 Å². The van der Waals surface area contributed by atoms with Crippen molar-refractivity contribution >= 4 is 5.91 Å². The van der Waals surface area contributed by atoms with Gasteiger partial charge >= 0.3 is 0 Å². The monoisotopic (exact) mass is 221 g/mol. The Morgan fingerprint density at radius 2 is 2.06 bits per heavy atom. The van der Waals surface area contributed by atoms with Gasteiger partial charge in [0.25, 0.3) is 0 Å². The summed E-state index contributed by atoms with van der Waals surface area (Å²) in [6, 6.07) is 2.61. The van der Waals surface area contributed by atoms with E-state index in [0.29, 0.717) is 6.04 Å². The van der Waals surface area contributed by atoms with Gasteiger partial charge in [-0.3, -0.25) is 4.79 Å². The number of rotatable bonds is 1. The number of amides is 1. The van der Waals surface area contributed by atoms with Gasteiger partial charge in [-0.25, -0.2) is 0 Å². The molecule has 0 unspecified atom stereocenters. The van der Waals surface area contributed by atoms with Crippen LogP contribution in [0.3, 0.4) is 0 Å².